The Hall–Kier alpha value is -2.95. The number of aliphatic hydroxyl groups is 1. The fraction of sp³-hybridized carbons (Fsp3) is 0.385. The lowest BCUT2D eigenvalue weighted by atomic mass is 9.99. The first-order valence-corrected chi connectivity index (χ1v) is 5.93. The molecule has 1 fully saturated rings. The number of Topliss-reactive ketones (excluding diaryl/α,β-unsaturated/α-hetero) is 1. The summed E-state index contributed by atoms with van der Waals surface area (Å²) in [4.78, 5) is 12.1. The third-order valence-corrected chi connectivity index (χ3v) is 3.57. The van der Waals surface area contributed by atoms with Gasteiger partial charge in [0, 0.05) is 13.5 Å². The Morgan fingerprint density at radius 3 is 2.33 bits per heavy atom. The average molecular weight is 284 g/mol. The lowest BCUT2D eigenvalue weighted by Gasteiger charge is -2.22. The Labute approximate surface area is 121 Å². The van der Waals surface area contributed by atoms with E-state index in [1.165, 1.54) is 0 Å². The zero-order valence-electron chi connectivity index (χ0n) is 11.5. The number of ketones is 1. The second-order valence-corrected chi connectivity index (χ2v) is 4.50. The predicted octanol–water partition coefficient (Wildman–Crippen LogP) is -1.39. The molecule has 1 rings (SSSR count). The standard InChI is InChI=1S/C13H11N6O2/c1-18-10(12(20)8(4-14)5-15)3-11(19(18)2)13(21)9(6-16)7-17/h10-11,20H,3H2,1-2H3/q-1/p+1. The molecule has 106 valence electrons. The van der Waals surface area contributed by atoms with Crippen LogP contribution in [0.25, 0.3) is 5.41 Å². The van der Waals surface area contributed by atoms with E-state index in [4.69, 9.17) is 21.2 Å². The van der Waals surface area contributed by atoms with E-state index in [-0.39, 0.29) is 6.42 Å². The highest BCUT2D eigenvalue weighted by Gasteiger charge is 2.46. The number of carbonyl (C=O) groups is 1. The van der Waals surface area contributed by atoms with Crippen molar-refractivity contribution in [1.82, 2.24) is 5.01 Å². The number of carbonyl (C=O) groups excluding carboxylic acids is 1. The second kappa shape index (κ2) is 6.47. The van der Waals surface area contributed by atoms with E-state index in [0.29, 0.717) is 5.01 Å². The van der Waals surface area contributed by atoms with Gasteiger partial charge in [-0.05, 0) is 0 Å². The summed E-state index contributed by atoms with van der Waals surface area (Å²) in [5.74, 6) is 0.523. The topological polar surface area (TPSA) is 139 Å². The van der Waals surface area contributed by atoms with Crippen LogP contribution in [0.5, 0.6) is 0 Å². The summed E-state index contributed by atoms with van der Waals surface area (Å²) in [6.45, 7) is 0. The smallest absolute Gasteiger partial charge is 0.238 e. The number of hydrogen-bond donors (Lipinski definition) is 2. The van der Waals surface area contributed by atoms with Crippen molar-refractivity contribution in [1.29, 1.82) is 15.8 Å². The minimum absolute atomic E-state index is 0.104. The van der Waals surface area contributed by atoms with Gasteiger partial charge in [-0.1, -0.05) is 0 Å². The van der Waals surface area contributed by atoms with Gasteiger partial charge in [0.25, 0.3) is 0 Å². The fourth-order valence-corrected chi connectivity index (χ4v) is 2.25. The summed E-state index contributed by atoms with van der Waals surface area (Å²) in [6.07, 6.45) is 0.104. The molecule has 3 atom stereocenters. The summed E-state index contributed by atoms with van der Waals surface area (Å²) in [6, 6.07) is 3.30. The molecule has 1 saturated heterocycles. The number of allylic oxidation sites excluding steroid dienone is 1. The zero-order chi connectivity index (χ0) is 16.2. The highest BCUT2D eigenvalue weighted by atomic mass is 16.3. The molecule has 1 heterocycles. The largest absolute Gasteiger partial charge is 0.762 e. The van der Waals surface area contributed by atoms with E-state index < -0.39 is 34.8 Å². The van der Waals surface area contributed by atoms with Gasteiger partial charge in [-0.15, -0.1) is 5.01 Å². The minimum atomic E-state index is -0.727. The van der Waals surface area contributed by atoms with E-state index in [0.717, 1.165) is 0 Å². The van der Waals surface area contributed by atoms with Gasteiger partial charge in [-0.25, -0.2) is 10.9 Å². The molecule has 0 aliphatic carbocycles. The second-order valence-electron chi connectivity index (χ2n) is 4.50. The first-order valence-electron chi connectivity index (χ1n) is 5.93. The molecule has 3 unspecified atom stereocenters. The lowest BCUT2D eigenvalue weighted by molar-refractivity contribution is -0.996. The molecule has 1 aliphatic heterocycles. The summed E-state index contributed by atoms with van der Waals surface area (Å²) in [5.41, 5.74) is -0.921. The molecule has 2 N–H and O–H groups in total. The normalized spacial score (nSPS) is 24.0. The Morgan fingerprint density at radius 2 is 1.90 bits per heavy atom. The van der Waals surface area contributed by atoms with E-state index in [1.54, 1.807) is 43.2 Å². The van der Waals surface area contributed by atoms with Crippen LogP contribution in [-0.4, -0.2) is 47.9 Å². The molecule has 1 aliphatic rings. The van der Waals surface area contributed by atoms with Crippen molar-refractivity contribution < 1.29 is 14.9 Å². The molecule has 0 aromatic carbocycles. The van der Waals surface area contributed by atoms with Gasteiger partial charge in [0.05, 0.1) is 7.05 Å². The van der Waals surface area contributed by atoms with Crippen molar-refractivity contribution in [3.8, 4) is 18.2 Å². The van der Waals surface area contributed by atoms with Crippen molar-refractivity contribution in [2.75, 3.05) is 14.1 Å². The Bertz CT molecular complexity index is 652. The molecular formula is C13H12N6O2. The van der Waals surface area contributed by atoms with Crippen LogP contribution < -0.4 is 5.01 Å². The van der Waals surface area contributed by atoms with Crippen LogP contribution in [0.4, 0.5) is 0 Å². The van der Waals surface area contributed by atoms with Gasteiger partial charge in [0.15, 0.2) is 11.6 Å². The number of nitriles is 3. The fourth-order valence-electron chi connectivity index (χ4n) is 2.25. The number of aliphatic hydroxyl groups excluding tert-OH is 1. The van der Waals surface area contributed by atoms with Crippen LogP contribution in [0, 0.1) is 34.0 Å². The maximum absolute atomic E-state index is 12.1. The molecule has 0 saturated carbocycles. The molecular weight excluding hydrogens is 272 g/mol. The highest BCUT2D eigenvalue weighted by molar-refractivity contribution is 6.09. The summed E-state index contributed by atoms with van der Waals surface area (Å²) >= 11 is 0. The molecule has 0 aromatic rings. The quantitative estimate of drug-likeness (QED) is 0.283. The van der Waals surface area contributed by atoms with Crippen molar-refractivity contribution >= 4 is 11.7 Å². The molecule has 0 amide bonds. The third-order valence-electron chi connectivity index (χ3n) is 3.57. The van der Waals surface area contributed by atoms with Crippen LogP contribution >= 0.6 is 0 Å². The van der Waals surface area contributed by atoms with Gasteiger partial charge in [-0.3, -0.25) is 4.79 Å². The van der Waals surface area contributed by atoms with Crippen LogP contribution in [0.15, 0.2) is 16.9 Å². The maximum Gasteiger partial charge on any atom is 0.238 e. The molecule has 0 aromatic heterocycles. The zero-order valence-corrected chi connectivity index (χ0v) is 11.5. The lowest BCUT2D eigenvalue weighted by Crippen LogP contribution is -3.17. The minimum Gasteiger partial charge on any atom is -0.762 e. The predicted molar refractivity (Wildman–Crippen MR) is 70.2 cm³/mol. The van der Waals surface area contributed by atoms with Crippen molar-refractivity contribution in [2.45, 2.75) is 18.5 Å². The van der Waals surface area contributed by atoms with Crippen LogP contribution in [-0.2, 0) is 4.79 Å². The number of rotatable bonds is 3. The number of quaternary nitrogens is 1. The van der Waals surface area contributed by atoms with Gasteiger partial charge in [-0.2, -0.15) is 15.8 Å². The summed E-state index contributed by atoms with van der Waals surface area (Å²) < 4.78 is 0. The number of likely N-dealkylation sites (N-methyl/N-ethyl adjacent to an activating group) is 2. The van der Waals surface area contributed by atoms with Crippen molar-refractivity contribution in [3.05, 3.63) is 22.3 Å². The van der Waals surface area contributed by atoms with E-state index >= 15 is 0 Å². The molecule has 0 bridgehead atoms. The SMILES string of the molecule is CN1C(C(O)=C(C#N)C#N)CC(C(=O)C(=C=[N-])C#N)[NH+]1C. The molecule has 8 heteroatoms. The van der Waals surface area contributed by atoms with E-state index in [9.17, 15) is 9.90 Å². The van der Waals surface area contributed by atoms with Gasteiger partial charge >= 0.3 is 0 Å². The average Bonchev–Trinajstić information content (AvgIpc) is 2.77. The molecule has 8 nitrogen and oxygen atoms in total. The molecule has 0 spiro atoms. The van der Waals surface area contributed by atoms with Crippen LogP contribution in [0.2, 0.25) is 0 Å². The first kappa shape index (κ1) is 16.1. The monoisotopic (exact) mass is 284 g/mol. The number of hydrogen-bond acceptors (Lipinski definition) is 6. The van der Waals surface area contributed by atoms with E-state index in [1.807, 2.05) is 0 Å². The Kier molecular flexibility index (Phi) is 4.96. The van der Waals surface area contributed by atoms with Crippen molar-refractivity contribution in [2.24, 2.45) is 0 Å². The Morgan fingerprint density at radius 1 is 1.33 bits per heavy atom. The summed E-state index contributed by atoms with van der Waals surface area (Å²) in [7, 11) is 3.24. The van der Waals surface area contributed by atoms with Crippen LogP contribution in [0.3, 0.4) is 0 Å². The van der Waals surface area contributed by atoms with Gasteiger partial charge in [0.1, 0.15) is 35.6 Å². The molecule has 21 heavy (non-hydrogen) atoms. The summed E-state index contributed by atoms with van der Waals surface area (Å²) in [5, 5.41) is 47.2. The highest BCUT2D eigenvalue weighted by Crippen LogP contribution is 2.19. The van der Waals surface area contributed by atoms with Crippen LogP contribution in [0.1, 0.15) is 6.42 Å². The maximum atomic E-state index is 12.1. The van der Waals surface area contributed by atoms with Gasteiger partial charge in [0.2, 0.25) is 5.78 Å². The Balaban J connectivity index is 3.15. The van der Waals surface area contributed by atoms with Gasteiger partial charge < -0.3 is 10.5 Å². The molecule has 0 radical (unpaired) electrons. The van der Waals surface area contributed by atoms with Crippen molar-refractivity contribution in [3.63, 3.8) is 0 Å². The number of nitrogens with zero attached hydrogens (tertiary/aromatic N) is 5. The van der Waals surface area contributed by atoms with E-state index in [2.05, 4.69) is 0 Å². The first-order chi connectivity index (χ1) is 9.92. The third kappa shape index (κ3) is 2.81. The number of nitrogens with one attached hydrogen (secondary N) is 1.